The van der Waals surface area contributed by atoms with Crippen molar-refractivity contribution in [3.8, 4) is 0 Å². The number of alkyl halides is 3. The molecule has 0 aliphatic rings. The largest absolute Gasteiger partial charge is 0.417 e. The Kier molecular flexibility index (Phi) is 4.55. The van der Waals surface area contributed by atoms with E-state index < -0.39 is 11.7 Å². The van der Waals surface area contributed by atoms with Gasteiger partial charge in [-0.1, -0.05) is 23.9 Å². The van der Waals surface area contributed by atoms with Crippen molar-refractivity contribution in [3.63, 3.8) is 0 Å². The van der Waals surface area contributed by atoms with Crippen LogP contribution in [0, 0.1) is 0 Å². The molecule has 0 atom stereocenters. The van der Waals surface area contributed by atoms with Gasteiger partial charge in [0.2, 0.25) is 0 Å². The molecule has 0 fully saturated rings. The molecular formula is C14H8BrF3OS. The highest BCUT2D eigenvalue weighted by atomic mass is 79.9. The van der Waals surface area contributed by atoms with Crippen molar-refractivity contribution in [2.45, 2.75) is 16.0 Å². The van der Waals surface area contributed by atoms with Crippen LogP contribution in [0.2, 0.25) is 0 Å². The SMILES string of the molecule is O=Cc1ccc(Sc2ccccc2Br)cc1C(F)(F)F. The van der Waals surface area contributed by atoms with Gasteiger partial charge in [-0.05, 0) is 46.3 Å². The number of hydrogen-bond donors (Lipinski definition) is 0. The number of carbonyl (C=O) groups excluding carboxylic acids is 1. The number of carbonyl (C=O) groups is 1. The van der Waals surface area contributed by atoms with E-state index in [-0.39, 0.29) is 11.8 Å². The van der Waals surface area contributed by atoms with Crippen molar-refractivity contribution in [1.29, 1.82) is 0 Å². The third kappa shape index (κ3) is 3.43. The molecule has 6 heteroatoms. The van der Waals surface area contributed by atoms with Gasteiger partial charge < -0.3 is 0 Å². The first-order valence-corrected chi connectivity index (χ1v) is 7.11. The Morgan fingerprint density at radius 2 is 1.80 bits per heavy atom. The van der Waals surface area contributed by atoms with Crippen LogP contribution in [-0.2, 0) is 6.18 Å². The summed E-state index contributed by atoms with van der Waals surface area (Å²) in [4.78, 5) is 11.9. The van der Waals surface area contributed by atoms with Gasteiger partial charge in [0.1, 0.15) is 0 Å². The molecule has 0 aromatic heterocycles. The molecular weight excluding hydrogens is 353 g/mol. The van der Waals surface area contributed by atoms with E-state index in [1.807, 2.05) is 12.1 Å². The summed E-state index contributed by atoms with van der Waals surface area (Å²) >= 11 is 4.54. The Hall–Kier alpha value is -1.27. The van der Waals surface area contributed by atoms with E-state index in [1.165, 1.54) is 23.9 Å². The number of rotatable bonds is 3. The van der Waals surface area contributed by atoms with Gasteiger partial charge in [0.25, 0.3) is 0 Å². The number of benzene rings is 2. The Morgan fingerprint density at radius 1 is 1.10 bits per heavy atom. The predicted molar refractivity (Wildman–Crippen MR) is 75.1 cm³/mol. The van der Waals surface area contributed by atoms with Crippen LogP contribution in [0.1, 0.15) is 15.9 Å². The molecule has 104 valence electrons. The van der Waals surface area contributed by atoms with E-state index in [9.17, 15) is 18.0 Å². The van der Waals surface area contributed by atoms with Crippen molar-refractivity contribution in [2.75, 3.05) is 0 Å². The van der Waals surface area contributed by atoms with E-state index in [0.29, 0.717) is 4.90 Å². The topological polar surface area (TPSA) is 17.1 Å². The van der Waals surface area contributed by atoms with Gasteiger partial charge in [-0.15, -0.1) is 0 Å². The fourth-order valence-electron chi connectivity index (χ4n) is 1.60. The minimum atomic E-state index is -4.54. The Bertz CT molecular complexity index is 641. The second-order valence-electron chi connectivity index (χ2n) is 3.90. The standard InChI is InChI=1S/C14H8BrF3OS/c15-12-3-1-2-4-13(12)20-10-6-5-9(8-19)11(7-10)14(16,17)18/h1-8H. The summed E-state index contributed by atoms with van der Waals surface area (Å²) in [5, 5.41) is 0. The molecule has 2 aromatic carbocycles. The van der Waals surface area contributed by atoms with Crippen LogP contribution in [0.5, 0.6) is 0 Å². The molecule has 0 N–H and O–H groups in total. The molecule has 0 bridgehead atoms. The lowest BCUT2D eigenvalue weighted by atomic mass is 10.1. The summed E-state index contributed by atoms with van der Waals surface area (Å²) in [6, 6.07) is 10.9. The summed E-state index contributed by atoms with van der Waals surface area (Å²) in [5.74, 6) is 0. The highest BCUT2D eigenvalue weighted by Crippen LogP contribution is 2.38. The normalized spacial score (nSPS) is 11.4. The Balaban J connectivity index is 2.40. The van der Waals surface area contributed by atoms with Crippen LogP contribution in [-0.4, -0.2) is 6.29 Å². The van der Waals surface area contributed by atoms with Crippen molar-refractivity contribution in [1.82, 2.24) is 0 Å². The maximum absolute atomic E-state index is 12.9. The van der Waals surface area contributed by atoms with Gasteiger partial charge in [-0.3, -0.25) is 4.79 Å². The maximum Gasteiger partial charge on any atom is 0.417 e. The first kappa shape index (κ1) is 15.1. The van der Waals surface area contributed by atoms with Gasteiger partial charge in [0.05, 0.1) is 5.56 Å². The van der Waals surface area contributed by atoms with Gasteiger partial charge in [-0.2, -0.15) is 13.2 Å². The second kappa shape index (κ2) is 6.01. The van der Waals surface area contributed by atoms with E-state index in [1.54, 1.807) is 12.1 Å². The van der Waals surface area contributed by atoms with Crippen molar-refractivity contribution in [3.05, 3.63) is 58.1 Å². The quantitative estimate of drug-likeness (QED) is 0.678. The maximum atomic E-state index is 12.9. The van der Waals surface area contributed by atoms with E-state index in [2.05, 4.69) is 15.9 Å². The fourth-order valence-corrected chi connectivity index (χ4v) is 3.01. The average molecular weight is 361 g/mol. The average Bonchev–Trinajstić information content (AvgIpc) is 2.40. The highest BCUT2D eigenvalue weighted by molar-refractivity contribution is 9.10. The van der Waals surface area contributed by atoms with Crippen LogP contribution in [0.25, 0.3) is 0 Å². The third-order valence-corrected chi connectivity index (χ3v) is 4.54. The number of hydrogen-bond acceptors (Lipinski definition) is 2. The first-order valence-electron chi connectivity index (χ1n) is 5.50. The van der Waals surface area contributed by atoms with Crippen LogP contribution in [0.3, 0.4) is 0 Å². The minimum absolute atomic E-state index is 0.218. The molecule has 2 rings (SSSR count). The minimum Gasteiger partial charge on any atom is -0.298 e. The van der Waals surface area contributed by atoms with Crippen molar-refractivity contribution < 1.29 is 18.0 Å². The summed E-state index contributed by atoms with van der Waals surface area (Å²) in [6.45, 7) is 0. The predicted octanol–water partition coefficient (Wildman–Crippen LogP) is 5.43. The van der Waals surface area contributed by atoms with E-state index in [4.69, 9.17) is 0 Å². The molecule has 0 spiro atoms. The van der Waals surface area contributed by atoms with Crippen molar-refractivity contribution in [2.24, 2.45) is 0 Å². The molecule has 0 unspecified atom stereocenters. The monoisotopic (exact) mass is 360 g/mol. The molecule has 0 saturated carbocycles. The lowest BCUT2D eigenvalue weighted by molar-refractivity contribution is -0.138. The summed E-state index contributed by atoms with van der Waals surface area (Å²) in [6.07, 6.45) is -4.32. The number of aldehydes is 1. The Labute approximate surface area is 126 Å². The van der Waals surface area contributed by atoms with E-state index in [0.717, 1.165) is 15.4 Å². The summed E-state index contributed by atoms with van der Waals surface area (Å²) in [7, 11) is 0. The molecule has 0 amide bonds. The van der Waals surface area contributed by atoms with Crippen LogP contribution in [0.4, 0.5) is 13.2 Å². The lowest BCUT2D eigenvalue weighted by Crippen LogP contribution is -2.08. The second-order valence-corrected chi connectivity index (χ2v) is 5.87. The van der Waals surface area contributed by atoms with E-state index >= 15 is 0 Å². The molecule has 0 heterocycles. The Morgan fingerprint density at radius 3 is 2.40 bits per heavy atom. The molecule has 0 aliphatic carbocycles. The highest BCUT2D eigenvalue weighted by Gasteiger charge is 2.33. The molecule has 1 nitrogen and oxygen atoms in total. The fraction of sp³-hybridized carbons (Fsp3) is 0.0714. The van der Waals surface area contributed by atoms with Gasteiger partial charge in [0, 0.05) is 19.8 Å². The third-order valence-electron chi connectivity index (χ3n) is 2.52. The molecule has 0 saturated heterocycles. The van der Waals surface area contributed by atoms with Crippen molar-refractivity contribution >= 4 is 34.0 Å². The van der Waals surface area contributed by atoms with Crippen LogP contribution >= 0.6 is 27.7 Å². The summed E-state index contributed by atoms with van der Waals surface area (Å²) < 4.78 is 39.4. The summed E-state index contributed by atoms with van der Waals surface area (Å²) in [5.41, 5.74) is -1.27. The molecule has 0 aliphatic heterocycles. The van der Waals surface area contributed by atoms with Gasteiger partial charge in [0.15, 0.2) is 6.29 Å². The van der Waals surface area contributed by atoms with Crippen LogP contribution < -0.4 is 0 Å². The molecule has 2 aromatic rings. The van der Waals surface area contributed by atoms with Crippen LogP contribution in [0.15, 0.2) is 56.7 Å². The molecule has 20 heavy (non-hydrogen) atoms. The zero-order valence-corrected chi connectivity index (χ0v) is 12.3. The zero-order chi connectivity index (χ0) is 14.8. The molecule has 0 radical (unpaired) electrons. The van der Waals surface area contributed by atoms with Gasteiger partial charge in [-0.25, -0.2) is 0 Å². The van der Waals surface area contributed by atoms with Gasteiger partial charge >= 0.3 is 6.18 Å². The zero-order valence-electron chi connectivity index (χ0n) is 9.95. The lowest BCUT2D eigenvalue weighted by Gasteiger charge is -2.11. The smallest absolute Gasteiger partial charge is 0.298 e. The first-order chi connectivity index (χ1) is 9.41. The number of halogens is 4.